The Morgan fingerprint density at radius 1 is 0.778 bits per heavy atom. The highest BCUT2D eigenvalue weighted by Gasteiger charge is 2.51. The Kier molecular flexibility index (Phi) is 7.99. The lowest BCUT2D eigenvalue weighted by Crippen LogP contribution is -2.50. The molecular formula is C11H24O6Si. The summed E-state index contributed by atoms with van der Waals surface area (Å²) >= 11 is 0. The van der Waals surface area contributed by atoms with Gasteiger partial charge < -0.3 is 27.5 Å². The monoisotopic (exact) mass is 280 g/mol. The van der Waals surface area contributed by atoms with Crippen LogP contribution in [0.25, 0.3) is 0 Å². The zero-order chi connectivity index (χ0) is 13.3. The molecule has 0 radical (unpaired) electrons. The van der Waals surface area contributed by atoms with Crippen molar-refractivity contribution in [3.05, 3.63) is 0 Å². The first-order valence-electron chi connectivity index (χ1n) is 6.17. The fraction of sp³-hybridized carbons (Fsp3) is 1.00. The van der Waals surface area contributed by atoms with Crippen molar-refractivity contribution >= 4 is 8.80 Å². The topological polar surface area (TPSA) is 55.4 Å². The van der Waals surface area contributed by atoms with Crippen molar-refractivity contribution in [2.24, 2.45) is 0 Å². The molecular weight excluding hydrogens is 256 g/mol. The van der Waals surface area contributed by atoms with E-state index >= 15 is 0 Å². The number of rotatable bonds is 10. The summed E-state index contributed by atoms with van der Waals surface area (Å²) in [6.45, 7) is 0.489. The Hall–Kier alpha value is -0.0231. The van der Waals surface area contributed by atoms with Gasteiger partial charge in [-0.25, -0.2) is 0 Å². The second-order valence-electron chi connectivity index (χ2n) is 4.24. The van der Waals surface area contributed by atoms with E-state index in [0.29, 0.717) is 5.54 Å². The lowest BCUT2D eigenvalue weighted by molar-refractivity contribution is -0.0898. The first kappa shape index (κ1) is 16.0. The number of methoxy groups -OCH3 is 3. The average Bonchev–Trinajstić information content (AvgIpc) is 2.93. The van der Waals surface area contributed by atoms with Gasteiger partial charge >= 0.3 is 8.80 Å². The van der Waals surface area contributed by atoms with Crippen LogP contribution in [0.1, 0.15) is 25.7 Å². The largest absolute Gasteiger partial charge is 0.509 e. The molecule has 0 spiro atoms. The first-order chi connectivity index (χ1) is 8.79. The summed E-state index contributed by atoms with van der Waals surface area (Å²) in [6.07, 6.45) is 4.48. The molecule has 0 aromatic carbocycles. The van der Waals surface area contributed by atoms with Crippen LogP contribution in [0.2, 0.25) is 5.54 Å². The van der Waals surface area contributed by atoms with Gasteiger partial charge in [0.25, 0.3) is 0 Å². The quantitative estimate of drug-likeness (QED) is 0.449. The summed E-state index contributed by atoms with van der Waals surface area (Å²) in [7, 11) is 1.95. The van der Waals surface area contributed by atoms with E-state index in [4.69, 9.17) is 27.5 Å². The van der Waals surface area contributed by atoms with Crippen LogP contribution in [0.15, 0.2) is 0 Å². The zero-order valence-corrected chi connectivity index (χ0v) is 12.5. The van der Waals surface area contributed by atoms with Crippen molar-refractivity contribution in [3.8, 4) is 0 Å². The van der Waals surface area contributed by atoms with E-state index in [1.165, 1.54) is 12.8 Å². The normalized spacial score (nSPS) is 17.5. The van der Waals surface area contributed by atoms with E-state index < -0.39 is 8.80 Å². The molecule has 18 heavy (non-hydrogen) atoms. The van der Waals surface area contributed by atoms with Crippen molar-refractivity contribution in [3.63, 3.8) is 0 Å². The molecule has 0 atom stereocenters. The first-order valence-corrected chi connectivity index (χ1v) is 7.98. The molecule has 1 aliphatic rings. The van der Waals surface area contributed by atoms with Crippen molar-refractivity contribution in [1.29, 1.82) is 0 Å². The lowest BCUT2D eigenvalue weighted by atomic mass is 10.4. The predicted molar refractivity (Wildman–Crippen MR) is 66.9 cm³/mol. The summed E-state index contributed by atoms with van der Waals surface area (Å²) in [5, 5.41) is 0. The van der Waals surface area contributed by atoms with Gasteiger partial charge in [-0.15, -0.1) is 0 Å². The van der Waals surface area contributed by atoms with Gasteiger partial charge in [0.05, 0.1) is 0 Å². The van der Waals surface area contributed by atoms with Gasteiger partial charge in [-0.1, -0.05) is 12.8 Å². The fourth-order valence-electron chi connectivity index (χ4n) is 2.18. The number of ether oxygens (including phenoxy) is 3. The Bertz CT molecular complexity index is 188. The molecule has 0 unspecified atom stereocenters. The lowest BCUT2D eigenvalue weighted by Gasteiger charge is -2.33. The molecule has 7 heteroatoms. The summed E-state index contributed by atoms with van der Waals surface area (Å²) in [5.41, 5.74) is 0.304. The summed E-state index contributed by atoms with van der Waals surface area (Å²) in [5.74, 6) is 0. The minimum Gasteiger partial charge on any atom is -0.360 e. The van der Waals surface area contributed by atoms with Gasteiger partial charge in [0.15, 0.2) is 0 Å². The van der Waals surface area contributed by atoms with E-state index in [2.05, 4.69) is 0 Å². The maximum absolute atomic E-state index is 5.78. The van der Waals surface area contributed by atoms with E-state index in [1.54, 1.807) is 21.3 Å². The van der Waals surface area contributed by atoms with Gasteiger partial charge in [-0.2, -0.15) is 0 Å². The Balaban J connectivity index is 2.68. The predicted octanol–water partition coefficient (Wildman–Crippen LogP) is 1.73. The SMILES string of the molecule is COCO[Si](OCOC)(OCOC)C1CCCC1. The van der Waals surface area contributed by atoms with E-state index in [-0.39, 0.29) is 20.4 Å². The average molecular weight is 280 g/mol. The van der Waals surface area contributed by atoms with Crippen LogP contribution in [-0.2, 0) is 27.5 Å². The zero-order valence-electron chi connectivity index (χ0n) is 11.5. The maximum atomic E-state index is 5.78. The van der Waals surface area contributed by atoms with Crippen LogP contribution < -0.4 is 0 Å². The van der Waals surface area contributed by atoms with Gasteiger partial charge in [-0.3, -0.25) is 0 Å². The molecule has 0 aromatic rings. The molecule has 1 saturated carbocycles. The second-order valence-corrected chi connectivity index (χ2v) is 7.13. The van der Waals surface area contributed by atoms with Crippen molar-refractivity contribution in [1.82, 2.24) is 0 Å². The maximum Gasteiger partial charge on any atom is 0.509 e. The standard InChI is InChI=1S/C11H24O6Si/c1-12-8-15-18(16-9-13-2,17-10-14-3)11-6-4-5-7-11/h11H,4-10H2,1-3H3. The van der Waals surface area contributed by atoms with Crippen LogP contribution in [0.3, 0.4) is 0 Å². The third-order valence-corrected chi connectivity index (χ3v) is 6.13. The van der Waals surface area contributed by atoms with E-state index in [1.807, 2.05) is 0 Å². The molecule has 0 amide bonds. The van der Waals surface area contributed by atoms with Crippen LogP contribution in [0, 0.1) is 0 Å². The highest BCUT2D eigenvalue weighted by atomic mass is 28.4. The van der Waals surface area contributed by atoms with Crippen LogP contribution >= 0.6 is 0 Å². The molecule has 0 N–H and O–H groups in total. The highest BCUT2D eigenvalue weighted by molar-refractivity contribution is 6.62. The van der Waals surface area contributed by atoms with Gasteiger partial charge in [0.1, 0.15) is 20.4 Å². The summed E-state index contributed by atoms with van der Waals surface area (Å²) < 4.78 is 32.3. The van der Waals surface area contributed by atoms with Crippen molar-refractivity contribution < 1.29 is 27.5 Å². The minimum absolute atomic E-state index is 0.163. The molecule has 1 rings (SSSR count). The molecule has 0 aromatic heterocycles. The van der Waals surface area contributed by atoms with Crippen LogP contribution in [0.5, 0.6) is 0 Å². The van der Waals surface area contributed by atoms with Gasteiger partial charge in [0, 0.05) is 26.9 Å². The summed E-state index contributed by atoms with van der Waals surface area (Å²) in [4.78, 5) is 0. The van der Waals surface area contributed by atoms with Gasteiger partial charge in [-0.05, 0) is 12.8 Å². The van der Waals surface area contributed by atoms with Gasteiger partial charge in [0.2, 0.25) is 0 Å². The Labute approximate surface area is 110 Å². The Morgan fingerprint density at radius 2 is 1.17 bits per heavy atom. The van der Waals surface area contributed by atoms with E-state index in [9.17, 15) is 0 Å². The minimum atomic E-state index is -2.80. The molecule has 108 valence electrons. The van der Waals surface area contributed by atoms with Crippen LogP contribution in [0.4, 0.5) is 0 Å². The summed E-state index contributed by atoms with van der Waals surface area (Å²) in [6, 6.07) is 0. The molecule has 0 bridgehead atoms. The van der Waals surface area contributed by atoms with Crippen LogP contribution in [-0.4, -0.2) is 50.5 Å². The smallest absolute Gasteiger partial charge is 0.360 e. The second kappa shape index (κ2) is 8.97. The van der Waals surface area contributed by atoms with Crippen molar-refractivity contribution in [2.45, 2.75) is 31.2 Å². The highest BCUT2D eigenvalue weighted by Crippen LogP contribution is 2.40. The van der Waals surface area contributed by atoms with Crippen molar-refractivity contribution in [2.75, 3.05) is 41.7 Å². The number of hydrogen-bond acceptors (Lipinski definition) is 6. The fourth-order valence-corrected chi connectivity index (χ4v) is 5.10. The molecule has 0 saturated heterocycles. The third-order valence-electron chi connectivity index (χ3n) is 2.99. The molecule has 0 heterocycles. The molecule has 1 fully saturated rings. The van der Waals surface area contributed by atoms with E-state index in [0.717, 1.165) is 12.8 Å². The molecule has 6 nitrogen and oxygen atoms in total. The molecule has 1 aliphatic carbocycles. The third kappa shape index (κ3) is 4.58. The molecule has 0 aliphatic heterocycles. The Morgan fingerprint density at radius 3 is 1.50 bits per heavy atom. The number of hydrogen-bond donors (Lipinski definition) is 0.